The van der Waals surface area contributed by atoms with Crippen molar-refractivity contribution in [2.24, 2.45) is 0 Å². The Labute approximate surface area is 193 Å². The number of carbonyl (C=O) groups is 1. The van der Waals surface area contributed by atoms with Crippen LogP contribution >= 0.6 is 0 Å². The third-order valence-corrected chi connectivity index (χ3v) is 7.88. The van der Waals surface area contributed by atoms with E-state index in [0.29, 0.717) is 24.5 Å². The molecule has 1 amide bonds. The van der Waals surface area contributed by atoms with Gasteiger partial charge in [0.2, 0.25) is 15.9 Å². The highest BCUT2D eigenvalue weighted by Crippen LogP contribution is 2.27. The zero-order valence-electron chi connectivity index (χ0n) is 18.5. The van der Waals surface area contributed by atoms with Crippen LogP contribution in [0, 0.1) is 6.57 Å². The number of anilines is 1. The number of hydrogen-bond donors (Lipinski definition) is 1. The molecule has 3 aromatic rings. The summed E-state index contributed by atoms with van der Waals surface area (Å²) in [5.74, 6) is -0.156. The van der Waals surface area contributed by atoms with E-state index in [0.717, 1.165) is 10.9 Å². The second kappa shape index (κ2) is 9.27. The Morgan fingerprint density at radius 2 is 1.79 bits per heavy atom. The topological polar surface area (TPSA) is 87.0 Å². The highest BCUT2D eigenvalue weighted by Gasteiger charge is 2.38. The fourth-order valence-electron chi connectivity index (χ4n) is 4.44. The zero-order valence-corrected chi connectivity index (χ0v) is 19.3. The van der Waals surface area contributed by atoms with Gasteiger partial charge in [-0.3, -0.25) is 14.7 Å². The van der Waals surface area contributed by atoms with E-state index in [2.05, 4.69) is 15.1 Å². The van der Waals surface area contributed by atoms with Gasteiger partial charge in [0.1, 0.15) is 0 Å². The first-order chi connectivity index (χ1) is 15.8. The molecule has 33 heavy (non-hydrogen) atoms. The minimum atomic E-state index is -3.71. The van der Waals surface area contributed by atoms with E-state index in [1.54, 1.807) is 6.20 Å². The molecule has 9 heteroatoms. The first kappa shape index (κ1) is 22.9. The third-order valence-electron chi connectivity index (χ3n) is 5.74. The van der Waals surface area contributed by atoms with E-state index in [1.807, 2.05) is 49.1 Å². The Balaban J connectivity index is 1.44. The van der Waals surface area contributed by atoms with Crippen molar-refractivity contribution in [3.63, 3.8) is 0 Å². The van der Waals surface area contributed by atoms with Crippen LogP contribution in [0.4, 0.5) is 11.4 Å². The lowest BCUT2D eigenvalue weighted by Crippen LogP contribution is -2.59. The van der Waals surface area contributed by atoms with E-state index in [9.17, 15) is 13.2 Å². The molecular weight excluding hydrogens is 438 g/mol. The second-order valence-electron chi connectivity index (χ2n) is 8.26. The highest BCUT2D eigenvalue weighted by molar-refractivity contribution is 7.89. The fraction of sp³-hybridized carbons (Fsp3) is 0.292. The van der Waals surface area contributed by atoms with Crippen molar-refractivity contribution in [1.29, 1.82) is 0 Å². The van der Waals surface area contributed by atoms with Gasteiger partial charge in [0, 0.05) is 36.8 Å². The van der Waals surface area contributed by atoms with Gasteiger partial charge >= 0.3 is 0 Å². The van der Waals surface area contributed by atoms with Crippen LogP contribution in [0.15, 0.2) is 65.7 Å². The number of sulfonamides is 1. The van der Waals surface area contributed by atoms with Crippen LogP contribution < -0.4 is 5.32 Å². The van der Waals surface area contributed by atoms with Gasteiger partial charge in [-0.1, -0.05) is 30.3 Å². The average molecular weight is 464 g/mol. The molecule has 1 aliphatic rings. The van der Waals surface area contributed by atoms with E-state index < -0.39 is 10.0 Å². The predicted octanol–water partition coefficient (Wildman–Crippen LogP) is 3.51. The van der Waals surface area contributed by atoms with Gasteiger partial charge in [0.05, 0.1) is 29.2 Å². The second-order valence-corrected chi connectivity index (χ2v) is 10.1. The number of rotatable bonds is 5. The van der Waals surface area contributed by atoms with Crippen molar-refractivity contribution in [3.05, 3.63) is 72.2 Å². The molecule has 2 unspecified atom stereocenters. The third kappa shape index (κ3) is 4.73. The Bertz CT molecular complexity index is 1300. The molecule has 1 fully saturated rings. The molecule has 8 nitrogen and oxygen atoms in total. The predicted molar refractivity (Wildman–Crippen MR) is 127 cm³/mol. The van der Waals surface area contributed by atoms with Crippen molar-refractivity contribution >= 4 is 38.2 Å². The fourth-order valence-corrected chi connectivity index (χ4v) is 6.24. The van der Waals surface area contributed by atoms with Crippen molar-refractivity contribution in [2.45, 2.75) is 30.8 Å². The SMILES string of the molecule is [C-]#[N+]c1ccc(S(=O)(=O)N2C(C)CN(CC(=O)Nc3cccc4ncccc34)CC2C)cc1. The standard InChI is InChI=1S/C24H25N5O3S/c1-17-14-28(16-24(30)27-23-8-4-7-22-21(23)6-5-13-26-22)15-18(2)29(17)33(31,32)20-11-9-19(25-3)10-12-20/h4-13,17-18H,14-16H2,1-2H3,(H,27,30). The van der Waals surface area contributed by atoms with Crippen molar-refractivity contribution < 1.29 is 13.2 Å². The monoisotopic (exact) mass is 463 g/mol. The number of carbonyl (C=O) groups excluding carboxylic acids is 1. The molecule has 2 heterocycles. The number of nitrogens with one attached hydrogen (secondary N) is 1. The summed E-state index contributed by atoms with van der Waals surface area (Å²) in [5.41, 5.74) is 1.91. The number of amides is 1. The normalized spacial score (nSPS) is 19.8. The van der Waals surface area contributed by atoms with Gasteiger partial charge in [-0.05, 0) is 38.1 Å². The summed E-state index contributed by atoms with van der Waals surface area (Å²) in [6.07, 6.45) is 1.71. The van der Waals surface area contributed by atoms with Gasteiger partial charge in [0.25, 0.3) is 0 Å². The molecule has 1 N–H and O–H groups in total. The molecule has 4 rings (SSSR count). The maximum Gasteiger partial charge on any atom is 0.243 e. The number of fused-ring (bicyclic) bond motifs is 1. The zero-order chi connectivity index (χ0) is 23.6. The molecule has 0 spiro atoms. The maximum absolute atomic E-state index is 13.2. The lowest BCUT2D eigenvalue weighted by Gasteiger charge is -2.43. The van der Waals surface area contributed by atoms with Gasteiger partial charge in [0.15, 0.2) is 5.69 Å². The first-order valence-corrected chi connectivity index (χ1v) is 12.1. The summed E-state index contributed by atoms with van der Waals surface area (Å²) in [5, 5.41) is 3.83. The number of aromatic nitrogens is 1. The summed E-state index contributed by atoms with van der Waals surface area (Å²) in [7, 11) is -3.71. The number of piperazine rings is 1. The number of hydrogen-bond acceptors (Lipinski definition) is 5. The first-order valence-electron chi connectivity index (χ1n) is 10.7. The van der Waals surface area contributed by atoms with Crippen LogP contribution in [0.2, 0.25) is 0 Å². The Morgan fingerprint density at radius 1 is 1.09 bits per heavy atom. The van der Waals surface area contributed by atoms with E-state index >= 15 is 0 Å². The molecule has 0 radical (unpaired) electrons. The van der Waals surface area contributed by atoms with Crippen LogP contribution in [0.3, 0.4) is 0 Å². The lowest BCUT2D eigenvalue weighted by atomic mass is 10.1. The summed E-state index contributed by atoms with van der Waals surface area (Å²) in [4.78, 5) is 22.5. The Morgan fingerprint density at radius 3 is 2.45 bits per heavy atom. The highest BCUT2D eigenvalue weighted by atomic mass is 32.2. The van der Waals surface area contributed by atoms with E-state index in [-0.39, 0.29) is 29.4 Å². The van der Waals surface area contributed by atoms with Crippen LogP contribution in [0.1, 0.15) is 13.8 Å². The molecule has 0 bridgehead atoms. The molecule has 2 aromatic carbocycles. The van der Waals surface area contributed by atoms with E-state index in [1.165, 1.54) is 28.6 Å². The Kier molecular flexibility index (Phi) is 6.42. The van der Waals surface area contributed by atoms with Gasteiger partial charge in [-0.15, -0.1) is 0 Å². The minimum Gasteiger partial charge on any atom is -0.324 e. The summed E-state index contributed by atoms with van der Waals surface area (Å²) in [6.45, 7) is 11.8. The average Bonchev–Trinajstić information content (AvgIpc) is 2.78. The van der Waals surface area contributed by atoms with Gasteiger partial charge in [-0.2, -0.15) is 4.31 Å². The molecule has 2 atom stereocenters. The molecule has 0 aliphatic carbocycles. The van der Waals surface area contributed by atoms with Crippen LogP contribution in [-0.2, 0) is 14.8 Å². The number of pyridine rings is 1. The largest absolute Gasteiger partial charge is 0.324 e. The molecule has 170 valence electrons. The number of nitrogens with zero attached hydrogens (tertiary/aromatic N) is 4. The van der Waals surface area contributed by atoms with E-state index in [4.69, 9.17) is 6.57 Å². The number of benzene rings is 2. The molecule has 1 aliphatic heterocycles. The van der Waals surface area contributed by atoms with Crippen LogP contribution in [-0.4, -0.2) is 60.2 Å². The molecule has 0 saturated carbocycles. The summed E-state index contributed by atoms with van der Waals surface area (Å²) < 4.78 is 28.0. The van der Waals surface area contributed by atoms with Crippen LogP contribution in [0.5, 0.6) is 0 Å². The smallest absolute Gasteiger partial charge is 0.243 e. The summed E-state index contributed by atoms with van der Waals surface area (Å²) >= 11 is 0. The summed E-state index contributed by atoms with van der Waals surface area (Å²) in [6, 6.07) is 14.7. The minimum absolute atomic E-state index is 0.156. The van der Waals surface area contributed by atoms with Crippen LogP contribution in [0.25, 0.3) is 15.7 Å². The van der Waals surface area contributed by atoms with Crippen molar-refractivity contribution in [1.82, 2.24) is 14.2 Å². The van der Waals surface area contributed by atoms with Gasteiger partial charge < -0.3 is 5.32 Å². The molecular formula is C24H25N5O3S. The maximum atomic E-state index is 13.2. The van der Waals surface area contributed by atoms with Crippen molar-refractivity contribution in [2.75, 3.05) is 25.0 Å². The lowest BCUT2D eigenvalue weighted by molar-refractivity contribution is -0.118. The quantitative estimate of drug-likeness (QED) is 0.585. The van der Waals surface area contributed by atoms with Crippen molar-refractivity contribution in [3.8, 4) is 0 Å². The van der Waals surface area contributed by atoms with Gasteiger partial charge in [-0.25, -0.2) is 13.3 Å². The molecule has 1 aromatic heterocycles. The molecule has 1 saturated heterocycles. The Hall–Kier alpha value is -3.32.